The van der Waals surface area contributed by atoms with Crippen molar-refractivity contribution in [2.24, 2.45) is 5.10 Å². The van der Waals surface area contributed by atoms with Crippen LogP contribution in [0, 0.1) is 0 Å². The number of hydrogen-bond donors (Lipinski definition) is 1. The predicted octanol–water partition coefficient (Wildman–Crippen LogP) is 2.31. The van der Waals surface area contributed by atoms with Crippen LogP contribution in [0.3, 0.4) is 0 Å². The van der Waals surface area contributed by atoms with Gasteiger partial charge in [0.1, 0.15) is 5.75 Å². The molecular formula is C26H35N5O4S. The van der Waals surface area contributed by atoms with E-state index in [-0.39, 0.29) is 24.5 Å². The number of aromatic nitrogens is 1. The van der Waals surface area contributed by atoms with Gasteiger partial charge in [-0.25, -0.2) is 4.98 Å². The van der Waals surface area contributed by atoms with Crippen LogP contribution in [-0.2, 0) is 11.2 Å². The number of fused-ring (bicyclic) bond motifs is 3. The smallest absolute Gasteiger partial charge is 0.283 e. The van der Waals surface area contributed by atoms with E-state index < -0.39 is 0 Å². The molecule has 1 N–H and O–H groups in total. The minimum atomic E-state index is -0.129. The Balaban J connectivity index is 1.29. The maximum Gasteiger partial charge on any atom is 0.283 e. The third kappa shape index (κ3) is 5.41. The third-order valence-electron chi connectivity index (χ3n) is 6.98. The SMILES string of the molecule is CC(C)N(CCO)C(=O)c1nc2c(s1)CCOc1cc(C3C=NN(CCN4CCOCC4)C3)ccc1-2. The first-order valence-corrected chi connectivity index (χ1v) is 13.6. The van der Waals surface area contributed by atoms with E-state index in [4.69, 9.17) is 14.5 Å². The van der Waals surface area contributed by atoms with Gasteiger partial charge in [0.2, 0.25) is 0 Å². The third-order valence-corrected chi connectivity index (χ3v) is 8.08. The summed E-state index contributed by atoms with van der Waals surface area (Å²) in [6, 6.07) is 6.31. The number of hydrogen-bond acceptors (Lipinski definition) is 9. The highest BCUT2D eigenvalue weighted by Gasteiger charge is 2.28. The van der Waals surface area contributed by atoms with Gasteiger partial charge in [-0.15, -0.1) is 11.3 Å². The second-order valence-electron chi connectivity index (χ2n) is 9.70. The molecule has 0 spiro atoms. The van der Waals surface area contributed by atoms with Gasteiger partial charge < -0.3 is 19.5 Å². The van der Waals surface area contributed by atoms with Crippen LogP contribution < -0.4 is 4.74 Å². The molecule has 0 radical (unpaired) electrons. The van der Waals surface area contributed by atoms with Crippen molar-refractivity contribution < 1.29 is 19.4 Å². The van der Waals surface area contributed by atoms with Gasteiger partial charge in [-0.05, 0) is 31.5 Å². The topological polar surface area (TPSA) is 90.7 Å². The molecular weight excluding hydrogens is 478 g/mol. The van der Waals surface area contributed by atoms with E-state index >= 15 is 0 Å². The molecule has 0 aliphatic carbocycles. The van der Waals surface area contributed by atoms with Gasteiger partial charge in [0.05, 0.1) is 32.1 Å². The molecule has 1 fully saturated rings. The van der Waals surface area contributed by atoms with Gasteiger partial charge in [0, 0.05) is 74.3 Å². The Bertz CT molecular complexity index is 1100. The average molecular weight is 514 g/mol. The van der Waals surface area contributed by atoms with Crippen molar-refractivity contribution in [3.05, 3.63) is 33.6 Å². The van der Waals surface area contributed by atoms with Crippen LogP contribution in [-0.4, -0.2) is 109 Å². The first-order chi connectivity index (χ1) is 17.5. The number of aliphatic hydroxyl groups is 1. The van der Waals surface area contributed by atoms with E-state index in [1.54, 1.807) is 4.90 Å². The van der Waals surface area contributed by atoms with E-state index in [1.807, 2.05) is 20.1 Å². The Kier molecular flexibility index (Phi) is 7.85. The lowest BCUT2D eigenvalue weighted by molar-refractivity contribution is 0.0339. The standard InChI is InChI=1S/C26H35N5O4S/c1-18(2)31(8-11-32)26(33)25-28-24-21-4-3-19(15-22(21)35-12-5-23(24)36-25)20-16-27-30(17-20)7-6-29-9-13-34-14-10-29/h3-4,15-16,18,20,32H,5-14,17H2,1-2H3. The number of rotatable bonds is 8. The molecule has 5 rings (SSSR count). The van der Waals surface area contributed by atoms with Crippen LogP contribution in [0.5, 0.6) is 5.75 Å². The lowest BCUT2D eigenvalue weighted by atomic mass is 9.97. The number of benzene rings is 1. The van der Waals surface area contributed by atoms with Crippen LogP contribution in [0.4, 0.5) is 0 Å². The van der Waals surface area contributed by atoms with E-state index in [1.165, 1.54) is 16.9 Å². The molecule has 3 aliphatic heterocycles. The van der Waals surface area contributed by atoms with E-state index in [9.17, 15) is 9.90 Å². The number of morpholine rings is 1. The Hall–Kier alpha value is -2.53. The molecule has 10 heteroatoms. The summed E-state index contributed by atoms with van der Waals surface area (Å²) < 4.78 is 11.6. The zero-order valence-corrected chi connectivity index (χ0v) is 21.9. The van der Waals surface area contributed by atoms with E-state index in [0.29, 0.717) is 24.6 Å². The lowest BCUT2D eigenvalue weighted by Crippen LogP contribution is -2.40. The molecule has 0 saturated carbocycles. The summed E-state index contributed by atoms with van der Waals surface area (Å²) in [6.07, 6.45) is 2.75. The quantitative estimate of drug-likeness (QED) is 0.579. The monoisotopic (exact) mass is 513 g/mol. The molecule has 194 valence electrons. The summed E-state index contributed by atoms with van der Waals surface area (Å²) in [5.41, 5.74) is 2.94. The molecule has 9 nitrogen and oxygen atoms in total. The van der Waals surface area contributed by atoms with E-state index in [2.05, 4.69) is 33.2 Å². The van der Waals surface area contributed by atoms with Gasteiger partial charge in [0.25, 0.3) is 5.91 Å². The van der Waals surface area contributed by atoms with Crippen LogP contribution in [0.1, 0.15) is 40.0 Å². The van der Waals surface area contributed by atoms with Gasteiger partial charge in [-0.1, -0.05) is 6.07 Å². The number of thiazole rings is 1. The number of aliphatic hydroxyl groups excluding tert-OH is 1. The van der Waals surface area contributed by atoms with Crippen molar-refractivity contribution in [2.45, 2.75) is 32.2 Å². The molecule has 1 aromatic heterocycles. The van der Waals surface area contributed by atoms with E-state index in [0.717, 1.165) is 67.8 Å². The zero-order valence-electron chi connectivity index (χ0n) is 21.1. The predicted molar refractivity (Wildman–Crippen MR) is 140 cm³/mol. The molecule has 3 aliphatic rings. The Morgan fingerprint density at radius 2 is 2.08 bits per heavy atom. The van der Waals surface area contributed by atoms with Crippen molar-refractivity contribution in [3.63, 3.8) is 0 Å². The Morgan fingerprint density at radius 3 is 2.86 bits per heavy atom. The summed E-state index contributed by atoms with van der Waals surface area (Å²) in [7, 11) is 0. The number of nitrogens with zero attached hydrogens (tertiary/aromatic N) is 5. The fourth-order valence-electron chi connectivity index (χ4n) is 4.90. The molecule has 1 aromatic carbocycles. The maximum atomic E-state index is 13.1. The van der Waals surface area contributed by atoms with Gasteiger partial charge >= 0.3 is 0 Å². The minimum Gasteiger partial charge on any atom is -0.492 e. The summed E-state index contributed by atoms with van der Waals surface area (Å²) in [5, 5.41) is 16.7. The van der Waals surface area contributed by atoms with Crippen molar-refractivity contribution in [2.75, 3.05) is 65.7 Å². The van der Waals surface area contributed by atoms with Crippen LogP contribution >= 0.6 is 11.3 Å². The van der Waals surface area contributed by atoms with Crippen LogP contribution in [0.25, 0.3) is 11.3 Å². The number of hydrazone groups is 1. The highest BCUT2D eigenvalue weighted by atomic mass is 32.1. The Morgan fingerprint density at radius 1 is 1.25 bits per heavy atom. The fourth-order valence-corrected chi connectivity index (χ4v) is 5.92. The summed E-state index contributed by atoms with van der Waals surface area (Å²) in [6.45, 7) is 11.1. The average Bonchev–Trinajstić information content (AvgIpc) is 3.50. The highest BCUT2D eigenvalue weighted by Crippen LogP contribution is 2.39. The first-order valence-electron chi connectivity index (χ1n) is 12.8. The number of carbonyl (C=O) groups is 1. The number of ether oxygens (including phenoxy) is 2. The summed E-state index contributed by atoms with van der Waals surface area (Å²) >= 11 is 1.44. The molecule has 36 heavy (non-hydrogen) atoms. The normalized spacial score (nSPS) is 19.7. The van der Waals surface area contributed by atoms with Gasteiger partial charge in [-0.2, -0.15) is 5.10 Å². The first kappa shape index (κ1) is 25.1. The van der Waals surface area contributed by atoms with Crippen molar-refractivity contribution >= 4 is 23.5 Å². The Labute approximate surface area is 216 Å². The molecule has 1 atom stereocenters. The molecule has 1 saturated heterocycles. The van der Waals surface area contributed by atoms with Crippen LogP contribution in [0.15, 0.2) is 23.3 Å². The highest BCUT2D eigenvalue weighted by molar-refractivity contribution is 7.14. The summed E-state index contributed by atoms with van der Waals surface area (Å²) in [4.78, 5) is 23.0. The second-order valence-corrected chi connectivity index (χ2v) is 10.8. The van der Waals surface area contributed by atoms with Crippen molar-refractivity contribution in [3.8, 4) is 17.0 Å². The van der Waals surface area contributed by atoms with Crippen molar-refractivity contribution in [1.82, 2.24) is 19.8 Å². The molecule has 0 bridgehead atoms. The molecule has 2 aromatic rings. The molecule has 4 heterocycles. The largest absolute Gasteiger partial charge is 0.492 e. The molecule has 1 amide bonds. The minimum absolute atomic E-state index is 0.00644. The van der Waals surface area contributed by atoms with Crippen LogP contribution in [0.2, 0.25) is 0 Å². The zero-order chi connectivity index (χ0) is 25.1. The fraction of sp³-hybridized carbons (Fsp3) is 0.577. The lowest BCUT2D eigenvalue weighted by Gasteiger charge is -2.28. The van der Waals surface area contributed by atoms with Gasteiger partial charge in [-0.3, -0.25) is 14.7 Å². The summed E-state index contributed by atoms with van der Waals surface area (Å²) in [5.74, 6) is 0.902. The second kappa shape index (κ2) is 11.2. The maximum absolute atomic E-state index is 13.1. The molecule has 1 unspecified atom stereocenters. The number of carbonyl (C=O) groups excluding carboxylic acids is 1. The number of amides is 1. The van der Waals surface area contributed by atoms with Gasteiger partial charge in [0.15, 0.2) is 5.01 Å². The van der Waals surface area contributed by atoms with Crippen molar-refractivity contribution in [1.29, 1.82) is 0 Å².